The fraction of sp³-hybridized carbons (Fsp3) is 0.211. The highest BCUT2D eigenvalue weighted by molar-refractivity contribution is 7.99. The van der Waals surface area contributed by atoms with Gasteiger partial charge in [-0.15, -0.1) is 11.8 Å². The number of benzene rings is 2. The molecular formula is C19H17ClFNO5S. The molecule has 0 aliphatic rings. The minimum Gasteiger partial charge on any atom is -0.465 e. The largest absolute Gasteiger partial charge is 0.465 e. The number of ether oxygens (including phenoxy) is 2. The maximum atomic E-state index is 13.7. The minimum atomic E-state index is -0.662. The standard InChI is InChI=1S/C19H17ClFNO5S/c1-26-18(24)11-6-12(19(25)27-2)8-13(7-11)22-17(23)10-28-9-14-15(20)4-3-5-16(14)21/h3-8H,9-10H2,1-2H3,(H,22,23). The first kappa shape index (κ1) is 21.7. The molecule has 0 spiro atoms. The summed E-state index contributed by atoms with van der Waals surface area (Å²) >= 11 is 7.13. The molecule has 0 unspecified atom stereocenters. The lowest BCUT2D eigenvalue weighted by Crippen LogP contribution is -2.16. The third-order valence-electron chi connectivity index (χ3n) is 3.60. The quantitative estimate of drug-likeness (QED) is 0.677. The van der Waals surface area contributed by atoms with Crippen molar-refractivity contribution < 1.29 is 28.2 Å². The first-order valence-corrected chi connectivity index (χ1v) is 9.51. The predicted molar refractivity (Wildman–Crippen MR) is 105 cm³/mol. The summed E-state index contributed by atoms with van der Waals surface area (Å²) in [6.07, 6.45) is 0. The van der Waals surface area contributed by atoms with E-state index in [4.69, 9.17) is 11.6 Å². The monoisotopic (exact) mass is 425 g/mol. The molecule has 1 N–H and O–H groups in total. The average Bonchev–Trinajstić information content (AvgIpc) is 2.68. The molecular weight excluding hydrogens is 409 g/mol. The van der Waals surface area contributed by atoms with Crippen LogP contribution in [0.5, 0.6) is 0 Å². The van der Waals surface area contributed by atoms with Crippen LogP contribution in [0.4, 0.5) is 10.1 Å². The summed E-state index contributed by atoms with van der Waals surface area (Å²) in [5, 5.41) is 2.89. The van der Waals surface area contributed by atoms with Crippen molar-refractivity contribution in [2.24, 2.45) is 0 Å². The second-order valence-electron chi connectivity index (χ2n) is 5.52. The minimum absolute atomic E-state index is 0.0146. The summed E-state index contributed by atoms with van der Waals surface area (Å²) in [5.74, 6) is -1.92. The van der Waals surface area contributed by atoms with E-state index >= 15 is 0 Å². The molecule has 0 atom stereocenters. The molecule has 6 nitrogen and oxygen atoms in total. The van der Waals surface area contributed by atoms with E-state index in [1.54, 1.807) is 6.07 Å². The Morgan fingerprint density at radius 3 is 2.21 bits per heavy atom. The molecule has 0 aliphatic heterocycles. The number of methoxy groups -OCH3 is 2. The van der Waals surface area contributed by atoms with Gasteiger partial charge in [0.05, 0.1) is 31.1 Å². The molecule has 0 radical (unpaired) electrons. The molecule has 0 saturated carbocycles. The van der Waals surface area contributed by atoms with Gasteiger partial charge in [-0.3, -0.25) is 4.79 Å². The summed E-state index contributed by atoms with van der Waals surface area (Å²) < 4.78 is 23.0. The van der Waals surface area contributed by atoms with Crippen molar-refractivity contribution in [2.75, 3.05) is 25.3 Å². The third kappa shape index (κ3) is 5.71. The summed E-state index contributed by atoms with van der Waals surface area (Å²) in [7, 11) is 2.41. The first-order valence-electron chi connectivity index (χ1n) is 7.98. The summed E-state index contributed by atoms with van der Waals surface area (Å²) in [5.41, 5.74) is 0.735. The summed E-state index contributed by atoms with van der Waals surface area (Å²) in [6.45, 7) is 0. The number of carbonyl (C=O) groups excluding carboxylic acids is 3. The van der Waals surface area contributed by atoms with Gasteiger partial charge in [0.1, 0.15) is 5.82 Å². The maximum Gasteiger partial charge on any atom is 0.337 e. The fourth-order valence-corrected chi connectivity index (χ4v) is 3.45. The van der Waals surface area contributed by atoms with Gasteiger partial charge in [0.25, 0.3) is 0 Å². The van der Waals surface area contributed by atoms with Gasteiger partial charge < -0.3 is 14.8 Å². The Kier molecular flexibility index (Phi) is 7.83. The number of esters is 2. The van der Waals surface area contributed by atoms with Crippen LogP contribution < -0.4 is 5.32 Å². The second kappa shape index (κ2) is 10.1. The Morgan fingerprint density at radius 2 is 1.68 bits per heavy atom. The molecule has 2 aromatic rings. The van der Waals surface area contributed by atoms with Gasteiger partial charge in [0, 0.05) is 22.0 Å². The number of carbonyl (C=O) groups is 3. The van der Waals surface area contributed by atoms with E-state index < -0.39 is 23.7 Å². The maximum absolute atomic E-state index is 13.7. The van der Waals surface area contributed by atoms with Crippen molar-refractivity contribution in [1.29, 1.82) is 0 Å². The van der Waals surface area contributed by atoms with Gasteiger partial charge in [-0.25, -0.2) is 14.0 Å². The van der Waals surface area contributed by atoms with E-state index in [-0.39, 0.29) is 28.3 Å². The van der Waals surface area contributed by atoms with Gasteiger partial charge in [0.15, 0.2) is 0 Å². The number of rotatable bonds is 7. The normalized spacial score (nSPS) is 10.3. The van der Waals surface area contributed by atoms with Gasteiger partial charge in [0.2, 0.25) is 5.91 Å². The zero-order valence-electron chi connectivity index (χ0n) is 15.1. The van der Waals surface area contributed by atoms with Crippen molar-refractivity contribution in [3.63, 3.8) is 0 Å². The van der Waals surface area contributed by atoms with E-state index in [1.165, 1.54) is 56.3 Å². The third-order valence-corrected chi connectivity index (χ3v) is 4.91. The molecule has 2 rings (SSSR count). The Bertz CT molecular complexity index is 851. The van der Waals surface area contributed by atoms with Gasteiger partial charge in [-0.2, -0.15) is 0 Å². The van der Waals surface area contributed by atoms with Crippen LogP contribution in [0, 0.1) is 5.82 Å². The topological polar surface area (TPSA) is 81.7 Å². The Balaban J connectivity index is 2.06. The molecule has 9 heteroatoms. The molecule has 0 aliphatic carbocycles. The van der Waals surface area contributed by atoms with Crippen LogP contribution in [0.1, 0.15) is 26.3 Å². The van der Waals surface area contributed by atoms with Crippen LogP contribution in [-0.2, 0) is 20.0 Å². The molecule has 0 aromatic heterocycles. The lowest BCUT2D eigenvalue weighted by molar-refractivity contribution is -0.113. The number of anilines is 1. The Labute approximate surface area is 170 Å². The highest BCUT2D eigenvalue weighted by Crippen LogP contribution is 2.24. The highest BCUT2D eigenvalue weighted by Gasteiger charge is 2.15. The van der Waals surface area contributed by atoms with E-state index in [0.717, 1.165) is 0 Å². The van der Waals surface area contributed by atoms with E-state index in [0.29, 0.717) is 10.6 Å². The van der Waals surface area contributed by atoms with Crippen LogP contribution in [0.3, 0.4) is 0 Å². The van der Waals surface area contributed by atoms with Crippen molar-refractivity contribution >= 4 is 46.9 Å². The predicted octanol–water partition coefficient (Wildman–Crippen LogP) is 3.92. The number of thioether (sulfide) groups is 1. The molecule has 0 heterocycles. The lowest BCUT2D eigenvalue weighted by Gasteiger charge is -2.10. The number of amides is 1. The molecule has 0 fully saturated rings. The Morgan fingerprint density at radius 1 is 1.07 bits per heavy atom. The summed E-state index contributed by atoms with van der Waals surface area (Å²) in [6, 6.07) is 8.46. The van der Waals surface area contributed by atoms with Crippen LogP contribution in [0.2, 0.25) is 5.02 Å². The lowest BCUT2D eigenvalue weighted by atomic mass is 10.1. The molecule has 0 saturated heterocycles. The van der Waals surface area contributed by atoms with Crippen molar-refractivity contribution in [2.45, 2.75) is 5.75 Å². The number of hydrogen-bond donors (Lipinski definition) is 1. The molecule has 0 bridgehead atoms. The molecule has 2 aromatic carbocycles. The van der Waals surface area contributed by atoms with Gasteiger partial charge in [-0.05, 0) is 30.3 Å². The van der Waals surface area contributed by atoms with Crippen LogP contribution in [0.25, 0.3) is 0 Å². The average molecular weight is 426 g/mol. The van der Waals surface area contributed by atoms with E-state index in [9.17, 15) is 18.8 Å². The summed E-state index contributed by atoms with van der Waals surface area (Å²) in [4.78, 5) is 35.7. The molecule has 28 heavy (non-hydrogen) atoms. The van der Waals surface area contributed by atoms with Crippen LogP contribution in [0.15, 0.2) is 36.4 Å². The Hall–Kier alpha value is -2.58. The van der Waals surface area contributed by atoms with Crippen molar-refractivity contribution in [1.82, 2.24) is 0 Å². The van der Waals surface area contributed by atoms with Crippen LogP contribution in [-0.4, -0.2) is 37.8 Å². The highest BCUT2D eigenvalue weighted by atomic mass is 35.5. The zero-order chi connectivity index (χ0) is 20.7. The first-order chi connectivity index (χ1) is 13.3. The number of halogens is 2. The number of nitrogens with one attached hydrogen (secondary N) is 1. The van der Waals surface area contributed by atoms with Gasteiger partial charge in [-0.1, -0.05) is 17.7 Å². The van der Waals surface area contributed by atoms with Crippen LogP contribution >= 0.6 is 23.4 Å². The van der Waals surface area contributed by atoms with Crippen molar-refractivity contribution in [3.05, 3.63) is 63.9 Å². The van der Waals surface area contributed by atoms with E-state index in [2.05, 4.69) is 14.8 Å². The van der Waals surface area contributed by atoms with Gasteiger partial charge >= 0.3 is 11.9 Å². The smallest absolute Gasteiger partial charge is 0.337 e. The fourth-order valence-electron chi connectivity index (χ4n) is 2.28. The zero-order valence-corrected chi connectivity index (χ0v) is 16.7. The van der Waals surface area contributed by atoms with E-state index in [1.807, 2.05) is 0 Å². The number of hydrogen-bond acceptors (Lipinski definition) is 6. The molecule has 148 valence electrons. The molecule has 1 amide bonds. The van der Waals surface area contributed by atoms with Crippen molar-refractivity contribution in [3.8, 4) is 0 Å². The SMILES string of the molecule is COC(=O)c1cc(NC(=O)CSCc2c(F)cccc2Cl)cc(C(=O)OC)c1. The second-order valence-corrected chi connectivity index (χ2v) is 6.92.